The minimum atomic E-state index is -1.08. The Labute approximate surface area is 152 Å². The number of benzene rings is 1. The number of carbonyl (C=O) groups excluding carboxylic acids is 2. The van der Waals surface area contributed by atoms with Crippen molar-refractivity contribution in [2.75, 3.05) is 0 Å². The van der Waals surface area contributed by atoms with Crippen LogP contribution in [-0.4, -0.2) is 35.0 Å². The van der Waals surface area contributed by atoms with E-state index < -0.39 is 29.9 Å². The zero-order valence-electron chi connectivity index (χ0n) is 14.7. The van der Waals surface area contributed by atoms with E-state index in [1.54, 1.807) is 38.1 Å². The van der Waals surface area contributed by atoms with Gasteiger partial charge in [-0.1, -0.05) is 57.3 Å². The van der Waals surface area contributed by atoms with Crippen molar-refractivity contribution in [2.24, 2.45) is 5.92 Å². The largest absolute Gasteiger partial charge is 0.480 e. The Kier molecular flexibility index (Phi) is 8.41. The molecule has 0 bridgehead atoms. The smallest absolute Gasteiger partial charge is 0.326 e. The van der Waals surface area contributed by atoms with E-state index in [2.05, 4.69) is 10.6 Å². The van der Waals surface area contributed by atoms with Gasteiger partial charge in [0.05, 0.1) is 10.6 Å². The Balaban J connectivity index is 2.84. The van der Waals surface area contributed by atoms with Crippen LogP contribution in [0.25, 0.3) is 0 Å². The monoisotopic (exact) mass is 368 g/mol. The highest BCUT2D eigenvalue weighted by molar-refractivity contribution is 6.33. The fraction of sp³-hybridized carbons (Fsp3) is 0.500. The normalized spacial score (nSPS) is 13.2. The van der Waals surface area contributed by atoms with E-state index in [4.69, 9.17) is 11.6 Å². The molecule has 0 saturated heterocycles. The third-order valence-corrected chi connectivity index (χ3v) is 4.14. The second-order valence-electron chi connectivity index (χ2n) is 6.22. The van der Waals surface area contributed by atoms with Gasteiger partial charge in [-0.15, -0.1) is 0 Å². The molecule has 0 aliphatic rings. The number of aliphatic carboxylic acids is 1. The molecule has 0 spiro atoms. The number of amides is 2. The number of carbonyl (C=O) groups is 3. The van der Waals surface area contributed by atoms with Gasteiger partial charge in [-0.05, 0) is 24.5 Å². The molecule has 0 radical (unpaired) electrons. The van der Waals surface area contributed by atoms with Gasteiger partial charge in [-0.3, -0.25) is 9.59 Å². The van der Waals surface area contributed by atoms with E-state index in [-0.39, 0.29) is 16.5 Å². The van der Waals surface area contributed by atoms with Crippen molar-refractivity contribution in [1.29, 1.82) is 0 Å². The number of hydrogen-bond donors (Lipinski definition) is 3. The van der Waals surface area contributed by atoms with Crippen LogP contribution >= 0.6 is 11.6 Å². The molecule has 6 nitrogen and oxygen atoms in total. The highest BCUT2D eigenvalue weighted by Gasteiger charge is 2.29. The molecule has 1 rings (SSSR count). The molecule has 2 atom stereocenters. The number of halogens is 1. The summed E-state index contributed by atoms with van der Waals surface area (Å²) in [6.45, 7) is 5.50. The first-order valence-electron chi connectivity index (χ1n) is 8.36. The number of unbranched alkanes of at least 4 members (excludes halogenated alkanes) is 1. The molecule has 7 heteroatoms. The lowest BCUT2D eigenvalue weighted by molar-refractivity contribution is -0.142. The van der Waals surface area contributed by atoms with Gasteiger partial charge in [0.1, 0.15) is 12.1 Å². The van der Waals surface area contributed by atoms with E-state index in [0.29, 0.717) is 12.8 Å². The molecular formula is C18H25ClN2O4. The number of nitrogens with one attached hydrogen (secondary N) is 2. The van der Waals surface area contributed by atoms with E-state index in [9.17, 15) is 19.5 Å². The number of rotatable bonds is 9. The summed E-state index contributed by atoms with van der Waals surface area (Å²) in [5.74, 6) is -2.28. The number of carboxylic acids is 1. The highest BCUT2D eigenvalue weighted by Crippen LogP contribution is 2.15. The molecule has 1 aromatic rings. The van der Waals surface area contributed by atoms with Crippen LogP contribution in [-0.2, 0) is 9.59 Å². The molecule has 138 valence electrons. The first-order valence-corrected chi connectivity index (χ1v) is 8.74. The summed E-state index contributed by atoms with van der Waals surface area (Å²) in [6.07, 6.45) is 1.87. The third-order valence-electron chi connectivity index (χ3n) is 3.82. The fourth-order valence-corrected chi connectivity index (χ4v) is 2.55. The van der Waals surface area contributed by atoms with Crippen molar-refractivity contribution in [3.05, 3.63) is 34.9 Å². The van der Waals surface area contributed by atoms with Gasteiger partial charge in [0.25, 0.3) is 5.91 Å². The van der Waals surface area contributed by atoms with E-state index in [1.807, 2.05) is 6.92 Å². The van der Waals surface area contributed by atoms with Crippen LogP contribution in [0.2, 0.25) is 5.02 Å². The summed E-state index contributed by atoms with van der Waals surface area (Å²) in [4.78, 5) is 36.2. The molecule has 0 saturated carbocycles. The first-order chi connectivity index (χ1) is 11.8. The Bertz CT molecular complexity index is 619. The van der Waals surface area contributed by atoms with Gasteiger partial charge in [-0.2, -0.15) is 0 Å². The first kappa shape index (κ1) is 21.0. The summed E-state index contributed by atoms with van der Waals surface area (Å²) >= 11 is 6.01. The van der Waals surface area contributed by atoms with E-state index in [0.717, 1.165) is 6.42 Å². The highest BCUT2D eigenvalue weighted by atomic mass is 35.5. The van der Waals surface area contributed by atoms with Crippen LogP contribution in [0.4, 0.5) is 0 Å². The predicted octanol–water partition coefficient (Wildman–Crippen LogP) is 2.85. The maximum Gasteiger partial charge on any atom is 0.326 e. The van der Waals surface area contributed by atoms with Crippen molar-refractivity contribution in [3.63, 3.8) is 0 Å². The molecule has 0 heterocycles. The Morgan fingerprint density at radius 3 is 2.32 bits per heavy atom. The maximum absolute atomic E-state index is 12.5. The second-order valence-corrected chi connectivity index (χ2v) is 6.62. The van der Waals surface area contributed by atoms with Gasteiger partial charge in [0.15, 0.2) is 0 Å². The van der Waals surface area contributed by atoms with Gasteiger partial charge < -0.3 is 15.7 Å². The van der Waals surface area contributed by atoms with Gasteiger partial charge in [0.2, 0.25) is 5.91 Å². The molecule has 1 aromatic carbocycles. The Morgan fingerprint density at radius 2 is 1.80 bits per heavy atom. The van der Waals surface area contributed by atoms with E-state index >= 15 is 0 Å². The Hall–Kier alpha value is -2.08. The summed E-state index contributed by atoms with van der Waals surface area (Å²) in [5, 5.41) is 14.7. The molecule has 2 unspecified atom stereocenters. The quantitative estimate of drug-likeness (QED) is 0.624. The van der Waals surface area contributed by atoms with Crippen LogP contribution < -0.4 is 10.6 Å². The fourth-order valence-electron chi connectivity index (χ4n) is 2.33. The van der Waals surface area contributed by atoms with Crippen molar-refractivity contribution in [2.45, 2.75) is 52.1 Å². The SMILES string of the molecule is CCCCC(NC(=O)C(NC(=O)c1ccccc1Cl)C(C)C)C(=O)O. The lowest BCUT2D eigenvalue weighted by atomic mass is 10.0. The minimum absolute atomic E-state index is 0.216. The standard InChI is InChI=1S/C18H25ClN2O4/c1-4-5-10-14(18(24)25)20-17(23)15(11(2)3)21-16(22)12-8-6-7-9-13(12)19/h6-9,11,14-15H,4-5,10H2,1-3H3,(H,20,23)(H,21,22)(H,24,25). The van der Waals surface area contributed by atoms with Gasteiger partial charge >= 0.3 is 5.97 Å². The lowest BCUT2D eigenvalue weighted by Gasteiger charge is -2.24. The van der Waals surface area contributed by atoms with Gasteiger partial charge in [0, 0.05) is 0 Å². The van der Waals surface area contributed by atoms with Crippen LogP contribution in [0.5, 0.6) is 0 Å². The topological polar surface area (TPSA) is 95.5 Å². The van der Waals surface area contributed by atoms with Crippen LogP contribution in [0.1, 0.15) is 50.4 Å². The zero-order valence-corrected chi connectivity index (χ0v) is 15.5. The lowest BCUT2D eigenvalue weighted by Crippen LogP contribution is -2.53. The second kappa shape index (κ2) is 10.0. The minimum Gasteiger partial charge on any atom is -0.480 e. The molecule has 25 heavy (non-hydrogen) atoms. The van der Waals surface area contributed by atoms with Crippen molar-refractivity contribution in [1.82, 2.24) is 10.6 Å². The average Bonchev–Trinajstić information content (AvgIpc) is 2.55. The van der Waals surface area contributed by atoms with Crippen LogP contribution in [0.15, 0.2) is 24.3 Å². The van der Waals surface area contributed by atoms with Crippen molar-refractivity contribution < 1.29 is 19.5 Å². The maximum atomic E-state index is 12.5. The molecular weight excluding hydrogens is 344 g/mol. The molecule has 0 aliphatic heterocycles. The summed E-state index contributed by atoms with van der Waals surface area (Å²) in [7, 11) is 0. The van der Waals surface area contributed by atoms with Gasteiger partial charge in [-0.25, -0.2) is 4.79 Å². The number of hydrogen-bond acceptors (Lipinski definition) is 3. The summed E-state index contributed by atoms with van der Waals surface area (Å²) < 4.78 is 0. The Morgan fingerprint density at radius 1 is 1.16 bits per heavy atom. The summed E-state index contributed by atoms with van der Waals surface area (Å²) in [6, 6.07) is 4.71. The van der Waals surface area contributed by atoms with E-state index in [1.165, 1.54) is 0 Å². The van der Waals surface area contributed by atoms with Crippen molar-refractivity contribution >= 4 is 29.4 Å². The van der Waals surface area contributed by atoms with Crippen LogP contribution in [0.3, 0.4) is 0 Å². The predicted molar refractivity (Wildman–Crippen MR) is 96.6 cm³/mol. The molecule has 0 aromatic heterocycles. The molecule has 2 amide bonds. The zero-order chi connectivity index (χ0) is 19.0. The van der Waals surface area contributed by atoms with Crippen LogP contribution in [0, 0.1) is 5.92 Å². The third kappa shape index (κ3) is 6.38. The molecule has 0 aliphatic carbocycles. The molecule has 0 fully saturated rings. The summed E-state index contributed by atoms with van der Waals surface area (Å²) in [5.41, 5.74) is 0.267. The van der Waals surface area contributed by atoms with Crippen molar-refractivity contribution in [3.8, 4) is 0 Å². The average molecular weight is 369 g/mol. The molecule has 3 N–H and O–H groups in total. The number of carboxylic acid groups (broad SMARTS) is 1.